The monoisotopic (exact) mass is 962 g/mol. The van der Waals surface area contributed by atoms with Gasteiger partial charge in [-0.25, -0.2) is 9.78 Å². The van der Waals surface area contributed by atoms with E-state index in [1.807, 2.05) is 13.8 Å². The van der Waals surface area contributed by atoms with Crippen molar-refractivity contribution in [2.24, 2.45) is 28.1 Å². The molecule has 8 amide bonds. The zero-order chi connectivity index (χ0) is 49.3. The molecule has 0 fully saturated rings. The Labute approximate surface area is 392 Å². The fourth-order valence-electron chi connectivity index (χ4n) is 5.93. The van der Waals surface area contributed by atoms with E-state index in [0.29, 0.717) is 11.3 Å². The van der Waals surface area contributed by atoms with Crippen molar-refractivity contribution in [3.8, 4) is 0 Å². The molecule has 2 aromatic rings. The van der Waals surface area contributed by atoms with Crippen LogP contribution in [0.25, 0.3) is 0 Å². The molecule has 0 aliphatic rings. The number of hydrogen-bond donors (Lipinski definition) is 15. The highest BCUT2D eigenvalue weighted by Crippen LogP contribution is 2.08. The fraction of sp³-hybridized carbons (Fsp3) is 0.525. The van der Waals surface area contributed by atoms with Gasteiger partial charge in [0.05, 0.1) is 25.5 Å². The summed E-state index contributed by atoms with van der Waals surface area (Å²) in [4.78, 5) is 128. The maximum absolute atomic E-state index is 13.7. The van der Waals surface area contributed by atoms with E-state index in [2.05, 4.69) is 82.8 Å². The van der Waals surface area contributed by atoms with Gasteiger partial charge in [0.1, 0.15) is 36.3 Å². The SMILES string of the molecule is CC(C)C[C@H](NC(=O)[C@@H](N)CS)C(=O)NCC(=O)N[C@@H](CCCN=C(N)N)C(=O)NCC(=O)N[C@@H](Cc1ccccc1)C(=O)N[C@@H](C)C(=O)N[C@@H](Cc1cnc[nH]1)C(=O)N[C@@H](CS)C(=O)O. The number of carboxylic acids is 1. The lowest BCUT2D eigenvalue weighted by Gasteiger charge is -2.24. The Balaban J connectivity index is 2.16. The van der Waals surface area contributed by atoms with Gasteiger partial charge in [0.2, 0.25) is 47.3 Å². The second-order valence-electron chi connectivity index (χ2n) is 15.4. The fourth-order valence-corrected chi connectivity index (χ4v) is 6.34. The van der Waals surface area contributed by atoms with E-state index >= 15 is 0 Å². The summed E-state index contributed by atoms with van der Waals surface area (Å²) in [6.07, 6.45) is 3.05. The van der Waals surface area contributed by atoms with Crippen molar-refractivity contribution in [3.05, 3.63) is 54.1 Å². The topological polar surface area (TPSA) is 389 Å². The highest BCUT2D eigenvalue weighted by Gasteiger charge is 2.31. The Morgan fingerprint density at radius 1 is 0.697 bits per heavy atom. The van der Waals surface area contributed by atoms with E-state index in [1.54, 1.807) is 30.3 Å². The first-order chi connectivity index (χ1) is 31.2. The molecule has 0 radical (unpaired) electrons. The van der Waals surface area contributed by atoms with Crippen molar-refractivity contribution < 1.29 is 48.3 Å². The number of benzene rings is 1. The third kappa shape index (κ3) is 21.1. The van der Waals surface area contributed by atoms with Crippen LogP contribution in [0.5, 0.6) is 0 Å². The standard InChI is InChI=1S/C40H62N14O10S2/c1-21(2)12-27(53-34(58)25(41)18-65)36(60)47-16-31(55)50-26(10-7-11-45-40(42)43)35(59)46-17-32(56)51-28(13-23-8-5-4-6-9-23)37(61)49-22(3)33(57)52-29(14-24-15-44-20-48-24)38(62)54-30(19-66)39(63)64/h4-6,8-9,15,20-22,25-30,65-66H,7,10-14,16-19,41H2,1-3H3,(H,44,48)(H,46,59)(H,47,60)(H,49,61)(H,50,55)(H,51,56)(H,52,57)(H,53,58)(H,54,62)(H,63,64)(H4,42,43,45)/t22-,25-,26-,27-,28-,29-,30-/m0/s1. The van der Waals surface area contributed by atoms with Gasteiger partial charge in [0.15, 0.2) is 5.96 Å². The van der Waals surface area contributed by atoms with Crippen molar-refractivity contribution in [3.63, 3.8) is 0 Å². The Morgan fingerprint density at radius 3 is 1.80 bits per heavy atom. The van der Waals surface area contributed by atoms with Gasteiger partial charge in [-0.3, -0.25) is 43.3 Å². The lowest BCUT2D eigenvalue weighted by molar-refractivity contribution is -0.141. The van der Waals surface area contributed by atoms with Crippen LogP contribution < -0.4 is 59.7 Å². The van der Waals surface area contributed by atoms with Crippen LogP contribution in [0.15, 0.2) is 47.8 Å². The average Bonchev–Trinajstić information content (AvgIpc) is 3.79. The molecule has 16 N–H and O–H groups in total. The number of aliphatic imine (C=N–C) groups is 1. The number of H-pyrrole nitrogens is 1. The molecule has 0 aliphatic heterocycles. The number of imidazole rings is 1. The number of nitrogens with two attached hydrogens (primary N) is 3. The zero-order valence-corrected chi connectivity index (χ0v) is 38.7. The number of carbonyl (C=O) groups is 9. The predicted octanol–water partition coefficient (Wildman–Crippen LogP) is -4.27. The Bertz CT molecular complexity index is 1970. The molecular weight excluding hydrogens is 901 g/mol. The van der Waals surface area contributed by atoms with Crippen molar-refractivity contribution in [2.45, 2.75) is 95.2 Å². The number of carbonyl (C=O) groups excluding carboxylic acids is 8. The van der Waals surface area contributed by atoms with Crippen LogP contribution in [0.2, 0.25) is 0 Å². The lowest BCUT2D eigenvalue weighted by atomic mass is 10.0. The molecule has 1 aromatic carbocycles. The molecule has 26 heteroatoms. The molecule has 7 atom stereocenters. The first kappa shape index (κ1) is 55.7. The second-order valence-corrected chi connectivity index (χ2v) is 16.2. The number of guanidine groups is 1. The summed E-state index contributed by atoms with van der Waals surface area (Å²) in [6.45, 7) is 3.86. The average molecular weight is 963 g/mol. The minimum atomic E-state index is -1.36. The van der Waals surface area contributed by atoms with Crippen LogP contribution in [-0.2, 0) is 56.0 Å². The van der Waals surface area contributed by atoms with Crippen LogP contribution in [-0.4, -0.2) is 148 Å². The Kier molecular flexibility index (Phi) is 24.6. The summed E-state index contributed by atoms with van der Waals surface area (Å²) in [6, 6.07) is 0.132. The van der Waals surface area contributed by atoms with Crippen LogP contribution in [0.3, 0.4) is 0 Å². The molecule has 0 saturated carbocycles. The van der Waals surface area contributed by atoms with Gasteiger partial charge in [0.25, 0.3) is 0 Å². The number of hydrogen-bond acceptors (Lipinski definition) is 14. The number of nitrogens with zero attached hydrogens (tertiary/aromatic N) is 2. The molecular formula is C40H62N14O10S2. The van der Waals surface area contributed by atoms with E-state index in [1.165, 1.54) is 19.4 Å². The highest BCUT2D eigenvalue weighted by atomic mass is 32.1. The smallest absolute Gasteiger partial charge is 0.327 e. The second kappa shape index (κ2) is 29.2. The van der Waals surface area contributed by atoms with Crippen LogP contribution in [0.4, 0.5) is 0 Å². The number of thiol groups is 2. The van der Waals surface area contributed by atoms with E-state index < -0.39 is 109 Å². The van der Waals surface area contributed by atoms with E-state index in [-0.39, 0.29) is 62.0 Å². The number of carboxylic acid groups (broad SMARTS) is 1. The quantitative estimate of drug-likeness (QED) is 0.0159. The third-order valence-electron chi connectivity index (χ3n) is 9.41. The Morgan fingerprint density at radius 2 is 1.26 bits per heavy atom. The van der Waals surface area contributed by atoms with Crippen LogP contribution >= 0.6 is 25.3 Å². The molecule has 0 unspecified atom stereocenters. The van der Waals surface area contributed by atoms with Gasteiger partial charge in [-0.15, -0.1) is 0 Å². The number of aromatic nitrogens is 2. The van der Waals surface area contributed by atoms with Crippen molar-refractivity contribution >= 4 is 84.4 Å². The number of nitrogens with one attached hydrogen (secondary N) is 9. The highest BCUT2D eigenvalue weighted by molar-refractivity contribution is 7.80. The number of aliphatic carboxylic acids is 1. The zero-order valence-electron chi connectivity index (χ0n) is 36.9. The maximum atomic E-state index is 13.7. The third-order valence-corrected chi connectivity index (χ3v) is 10.2. The summed E-state index contributed by atoms with van der Waals surface area (Å²) in [5.74, 6) is -7.85. The molecule has 0 saturated heterocycles. The summed E-state index contributed by atoms with van der Waals surface area (Å²) < 4.78 is 0. The summed E-state index contributed by atoms with van der Waals surface area (Å²) in [7, 11) is 0. The Hall–Kier alpha value is -6.41. The largest absolute Gasteiger partial charge is 0.480 e. The van der Waals surface area contributed by atoms with Gasteiger partial charge in [0, 0.05) is 42.8 Å². The molecule has 0 aliphatic carbocycles. The first-order valence-electron chi connectivity index (χ1n) is 20.9. The molecule has 0 spiro atoms. The molecule has 2 rings (SSSR count). The maximum Gasteiger partial charge on any atom is 0.327 e. The molecule has 24 nitrogen and oxygen atoms in total. The van der Waals surface area contributed by atoms with Crippen molar-refractivity contribution in [1.29, 1.82) is 0 Å². The molecule has 1 heterocycles. The van der Waals surface area contributed by atoms with E-state index in [9.17, 15) is 48.3 Å². The predicted molar refractivity (Wildman–Crippen MR) is 248 cm³/mol. The van der Waals surface area contributed by atoms with Crippen LogP contribution in [0, 0.1) is 5.92 Å². The van der Waals surface area contributed by atoms with Crippen molar-refractivity contribution in [2.75, 3.05) is 31.1 Å². The molecule has 66 heavy (non-hydrogen) atoms. The van der Waals surface area contributed by atoms with E-state index in [0.717, 1.165) is 0 Å². The molecule has 0 bridgehead atoms. The number of rotatable bonds is 29. The van der Waals surface area contributed by atoms with Gasteiger partial charge >= 0.3 is 5.97 Å². The normalized spacial score (nSPS) is 14.0. The van der Waals surface area contributed by atoms with Gasteiger partial charge in [-0.2, -0.15) is 25.3 Å². The number of aromatic amines is 1. The summed E-state index contributed by atoms with van der Waals surface area (Å²) in [5.41, 5.74) is 17.6. The lowest BCUT2D eigenvalue weighted by Crippen LogP contribution is -2.58. The van der Waals surface area contributed by atoms with Gasteiger partial charge < -0.3 is 69.8 Å². The number of amides is 8. The minimum absolute atomic E-state index is 0.00368. The van der Waals surface area contributed by atoms with Gasteiger partial charge in [-0.05, 0) is 37.7 Å². The van der Waals surface area contributed by atoms with Gasteiger partial charge in [-0.1, -0.05) is 44.2 Å². The first-order valence-corrected chi connectivity index (χ1v) is 22.1. The molecule has 364 valence electrons. The summed E-state index contributed by atoms with van der Waals surface area (Å²) in [5, 5.41) is 29.3. The van der Waals surface area contributed by atoms with E-state index in [4.69, 9.17) is 17.2 Å². The summed E-state index contributed by atoms with van der Waals surface area (Å²) >= 11 is 7.97. The minimum Gasteiger partial charge on any atom is -0.480 e. The molecule has 1 aromatic heterocycles. The van der Waals surface area contributed by atoms with Crippen LogP contribution in [0.1, 0.15) is 51.3 Å². The van der Waals surface area contributed by atoms with Crippen molar-refractivity contribution in [1.82, 2.24) is 52.5 Å².